The maximum absolute atomic E-state index is 5.56. The number of nitrogen functional groups attached to an aromatic ring is 1. The number of rotatable bonds is 1. The first-order chi connectivity index (χ1) is 6.22. The third-order valence-electron chi connectivity index (χ3n) is 2.20. The van der Waals surface area contributed by atoms with Gasteiger partial charge in [0.1, 0.15) is 11.6 Å². The van der Waals surface area contributed by atoms with Crippen LogP contribution in [0, 0.1) is 0 Å². The van der Waals surface area contributed by atoms with E-state index in [4.69, 9.17) is 5.73 Å². The zero-order chi connectivity index (χ0) is 9.42. The molecular weight excluding hydrogens is 164 g/mol. The van der Waals surface area contributed by atoms with E-state index in [0.717, 1.165) is 23.3 Å². The number of imidazole rings is 1. The summed E-state index contributed by atoms with van der Waals surface area (Å²) in [7, 11) is 1.99. The van der Waals surface area contributed by atoms with Crippen molar-refractivity contribution in [2.45, 2.75) is 13.3 Å². The lowest BCUT2D eigenvalue weighted by Crippen LogP contribution is -1.95. The zero-order valence-electron chi connectivity index (χ0n) is 7.78. The maximum Gasteiger partial charge on any atom is 0.125 e. The molecule has 13 heavy (non-hydrogen) atoms. The molecule has 0 atom stereocenters. The molecule has 0 unspecified atom stereocenters. The van der Waals surface area contributed by atoms with Crippen molar-refractivity contribution in [3.05, 3.63) is 18.1 Å². The molecule has 2 rings (SSSR count). The van der Waals surface area contributed by atoms with Crippen LogP contribution in [0.15, 0.2) is 12.3 Å². The summed E-state index contributed by atoms with van der Waals surface area (Å²) in [6.07, 6.45) is 2.68. The van der Waals surface area contributed by atoms with Gasteiger partial charge in [-0.2, -0.15) is 0 Å². The molecule has 68 valence electrons. The summed E-state index contributed by atoms with van der Waals surface area (Å²) in [4.78, 5) is 8.47. The smallest absolute Gasteiger partial charge is 0.125 e. The van der Waals surface area contributed by atoms with E-state index in [1.165, 1.54) is 0 Å². The number of fused-ring (bicyclic) bond motifs is 1. The lowest BCUT2D eigenvalue weighted by Gasteiger charge is -1.97. The van der Waals surface area contributed by atoms with Crippen LogP contribution in [0.4, 0.5) is 5.82 Å². The summed E-state index contributed by atoms with van der Waals surface area (Å²) >= 11 is 0. The van der Waals surface area contributed by atoms with E-state index in [0.29, 0.717) is 5.82 Å². The van der Waals surface area contributed by atoms with Gasteiger partial charge in [0.05, 0.1) is 17.2 Å². The number of nitrogens with two attached hydrogens (primary N) is 1. The van der Waals surface area contributed by atoms with Crippen LogP contribution in [-0.4, -0.2) is 14.5 Å². The van der Waals surface area contributed by atoms with Crippen LogP contribution in [-0.2, 0) is 13.5 Å². The Morgan fingerprint density at radius 2 is 2.31 bits per heavy atom. The first kappa shape index (κ1) is 8.04. The molecule has 0 aliphatic carbocycles. The van der Waals surface area contributed by atoms with Crippen LogP contribution < -0.4 is 5.73 Å². The fraction of sp³-hybridized carbons (Fsp3) is 0.333. The molecule has 4 nitrogen and oxygen atoms in total. The molecule has 0 aromatic carbocycles. The molecular formula is C9H12N4. The second kappa shape index (κ2) is 2.73. The molecule has 0 fully saturated rings. The van der Waals surface area contributed by atoms with E-state index >= 15 is 0 Å². The minimum absolute atomic E-state index is 0.522. The number of hydrogen-bond donors (Lipinski definition) is 1. The Morgan fingerprint density at radius 1 is 1.54 bits per heavy atom. The normalized spacial score (nSPS) is 10.9. The number of nitrogens with zero attached hydrogens (tertiary/aromatic N) is 3. The number of hydrogen-bond acceptors (Lipinski definition) is 3. The SMILES string of the molecule is CCc1nc2cc(N)ncc2n1C. The number of aromatic nitrogens is 3. The predicted octanol–water partition coefficient (Wildman–Crippen LogP) is 1.11. The Hall–Kier alpha value is -1.58. The highest BCUT2D eigenvalue weighted by Gasteiger charge is 2.05. The first-order valence-electron chi connectivity index (χ1n) is 4.29. The van der Waals surface area contributed by atoms with Gasteiger partial charge in [0.15, 0.2) is 0 Å². The zero-order valence-corrected chi connectivity index (χ0v) is 7.78. The minimum Gasteiger partial charge on any atom is -0.384 e. The van der Waals surface area contributed by atoms with Gasteiger partial charge in [-0.25, -0.2) is 9.97 Å². The molecule has 0 amide bonds. The average Bonchev–Trinajstić information content (AvgIpc) is 2.42. The predicted molar refractivity (Wildman–Crippen MR) is 52.3 cm³/mol. The van der Waals surface area contributed by atoms with Crippen LogP contribution >= 0.6 is 0 Å². The molecule has 0 saturated carbocycles. The van der Waals surface area contributed by atoms with Gasteiger partial charge in [-0.1, -0.05) is 6.92 Å². The summed E-state index contributed by atoms with van der Waals surface area (Å²) in [5.41, 5.74) is 7.52. The fourth-order valence-corrected chi connectivity index (χ4v) is 1.47. The lowest BCUT2D eigenvalue weighted by molar-refractivity contribution is 0.828. The molecule has 2 aromatic heterocycles. The summed E-state index contributed by atoms with van der Waals surface area (Å²) in [5.74, 6) is 1.58. The minimum atomic E-state index is 0.522. The highest BCUT2D eigenvalue weighted by Crippen LogP contribution is 2.15. The molecule has 0 spiro atoms. The quantitative estimate of drug-likeness (QED) is 0.708. The Kier molecular flexibility index (Phi) is 1.69. The molecule has 2 aromatic rings. The molecule has 0 saturated heterocycles. The molecule has 0 radical (unpaired) electrons. The highest BCUT2D eigenvalue weighted by molar-refractivity contribution is 5.77. The van der Waals surface area contributed by atoms with Crippen LogP contribution in [0.25, 0.3) is 11.0 Å². The summed E-state index contributed by atoms with van der Waals surface area (Å²) in [6.45, 7) is 2.08. The van der Waals surface area contributed by atoms with Crippen molar-refractivity contribution in [1.82, 2.24) is 14.5 Å². The molecule has 0 aliphatic heterocycles. The maximum atomic E-state index is 5.56. The van der Waals surface area contributed by atoms with Gasteiger partial charge in [0, 0.05) is 19.5 Å². The number of pyridine rings is 1. The topological polar surface area (TPSA) is 56.7 Å². The van der Waals surface area contributed by atoms with Crippen molar-refractivity contribution >= 4 is 16.9 Å². The van der Waals surface area contributed by atoms with Crippen molar-refractivity contribution < 1.29 is 0 Å². The Bertz CT molecular complexity index is 444. The Balaban J connectivity index is 2.76. The Labute approximate surface area is 76.4 Å². The number of aryl methyl sites for hydroxylation is 2. The average molecular weight is 176 g/mol. The second-order valence-corrected chi connectivity index (χ2v) is 3.04. The third-order valence-corrected chi connectivity index (χ3v) is 2.20. The van der Waals surface area contributed by atoms with Crippen molar-refractivity contribution in [3.8, 4) is 0 Å². The molecule has 0 bridgehead atoms. The van der Waals surface area contributed by atoms with E-state index in [1.54, 1.807) is 12.3 Å². The van der Waals surface area contributed by atoms with Gasteiger partial charge in [-0.05, 0) is 0 Å². The van der Waals surface area contributed by atoms with E-state index in [-0.39, 0.29) is 0 Å². The van der Waals surface area contributed by atoms with Gasteiger partial charge in [0.25, 0.3) is 0 Å². The summed E-state index contributed by atoms with van der Waals surface area (Å²) in [6, 6.07) is 1.80. The lowest BCUT2D eigenvalue weighted by atomic mass is 10.4. The first-order valence-corrected chi connectivity index (χ1v) is 4.29. The summed E-state index contributed by atoms with van der Waals surface area (Å²) in [5, 5.41) is 0. The molecule has 0 aliphatic rings. The van der Waals surface area contributed by atoms with Gasteiger partial charge in [0.2, 0.25) is 0 Å². The van der Waals surface area contributed by atoms with Crippen LogP contribution in [0.1, 0.15) is 12.7 Å². The van der Waals surface area contributed by atoms with E-state index in [1.807, 2.05) is 11.6 Å². The number of anilines is 1. The van der Waals surface area contributed by atoms with Crippen LogP contribution in [0.2, 0.25) is 0 Å². The molecule has 2 heterocycles. The fourth-order valence-electron chi connectivity index (χ4n) is 1.47. The Morgan fingerprint density at radius 3 is 3.00 bits per heavy atom. The standard InChI is InChI=1S/C9H12N4/c1-3-9-12-6-4-8(10)11-5-7(6)13(9)2/h4-5H,3H2,1-2H3,(H2,10,11). The van der Waals surface area contributed by atoms with Crippen LogP contribution in [0.3, 0.4) is 0 Å². The highest BCUT2D eigenvalue weighted by atomic mass is 15.1. The second-order valence-electron chi connectivity index (χ2n) is 3.04. The van der Waals surface area contributed by atoms with Crippen LogP contribution in [0.5, 0.6) is 0 Å². The van der Waals surface area contributed by atoms with E-state index in [2.05, 4.69) is 16.9 Å². The van der Waals surface area contributed by atoms with Crippen molar-refractivity contribution in [2.75, 3.05) is 5.73 Å². The summed E-state index contributed by atoms with van der Waals surface area (Å²) < 4.78 is 2.04. The van der Waals surface area contributed by atoms with Gasteiger partial charge in [-0.3, -0.25) is 0 Å². The monoisotopic (exact) mass is 176 g/mol. The van der Waals surface area contributed by atoms with Crippen molar-refractivity contribution in [2.24, 2.45) is 7.05 Å². The van der Waals surface area contributed by atoms with Gasteiger partial charge >= 0.3 is 0 Å². The van der Waals surface area contributed by atoms with E-state index in [9.17, 15) is 0 Å². The van der Waals surface area contributed by atoms with Gasteiger partial charge in [-0.15, -0.1) is 0 Å². The largest absolute Gasteiger partial charge is 0.384 e. The van der Waals surface area contributed by atoms with Crippen molar-refractivity contribution in [1.29, 1.82) is 0 Å². The van der Waals surface area contributed by atoms with Gasteiger partial charge < -0.3 is 10.3 Å². The van der Waals surface area contributed by atoms with Crippen molar-refractivity contribution in [3.63, 3.8) is 0 Å². The third kappa shape index (κ3) is 1.14. The molecule has 2 N–H and O–H groups in total. The molecule has 4 heteroatoms. The van der Waals surface area contributed by atoms with E-state index < -0.39 is 0 Å².